The Morgan fingerprint density at radius 2 is 1.78 bits per heavy atom. The lowest BCUT2D eigenvalue weighted by atomic mass is 10.1. The molecule has 0 saturated heterocycles. The highest BCUT2D eigenvalue weighted by Gasteiger charge is 2.37. The average molecular weight is 331 g/mol. The van der Waals surface area contributed by atoms with Gasteiger partial charge in [0.2, 0.25) is 0 Å². The Kier molecular flexibility index (Phi) is 5.43. The van der Waals surface area contributed by atoms with E-state index in [4.69, 9.17) is 4.74 Å². The van der Waals surface area contributed by atoms with Gasteiger partial charge in [-0.25, -0.2) is 0 Å². The van der Waals surface area contributed by atoms with Crippen molar-refractivity contribution in [3.8, 4) is 5.75 Å². The van der Waals surface area contributed by atoms with Crippen molar-refractivity contribution in [3.63, 3.8) is 0 Å². The van der Waals surface area contributed by atoms with Gasteiger partial charge >= 0.3 is 0 Å². The normalized spacial score (nSPS) is 12.6. The minimum absolute atomic E-state index is 0.0378. The molecule has 0 aromatic heterocycles. The fourth-order valence-electron chi connectivity index (χ4n) is 1.54. The molecule has 0 unspecified atom stereocenters. The molecule has 1 aromatic rings. The van der Waals surface area contributed by atoms with Crippen molar-refractivity contribution in [1.29, 1.82) is 0 Å². The Balaban J connectivity index is 2.33. The summed E-state index contributed by atoms with van der Waals surface area (Å²) in [5.41, 5.74) is 0. The summed E-state index contributed by atoms with van der Waals surface area (Å²) in [6, 6.07) is 7.87. The van der Waals surface area contributed by atoms with Crippen molar-refractivity contribution in [3.05, 3.63) is 28.7 Å². The van der Waals surface area contributed by atoms with E-state index in [1.54, 1.807) is 0 Å². The van der Waals surface area contributed by atoms with Crippen LogP contribution in [0, 0.1) is 0 Å². The molecule has 0 spiro atoms. The largest absolute Gasteiger partial charge is 0.494 e. The maximum atomic E-state index is 10.2. The van der Waals surface area contributed by atoms with E-state index in [0.29, 0.717) is 6.61 Å². The summed E-state index contributed by atoms with van der Waals surface area (Å²) in [7, 11) is -2.08. The average Bonchev–Trinajstić information content (AvgIpc) is 2.25. The number of hydrogen-bond acceptors (Lipinski definition) is 2. The first-order valence-corrected chi connectivity index (χ1v) is 10.1. The Labute approximate surface area is 120 Å². The molecule has 1 aromatic carbocycles. The molecule has 0 aliphatic rings. The van der Waals surface area contributed by atoms with E-state index in [2.05, 4.69) is 29.8 Å². The van der Waals surface area contributed by atoms with E-state index in [1.165, 1.54) is 0 Å². The van der Waals surface area contributed by atoms with Crippen molar-refractivity contribution < 1.29 is 9.53 Å². The number of halogens is 1. The van der Waals surface area contributed by atoms with Crippen molar-refractivity contribution in [2.24, 2.45) is 0 Å². The van der Waals surface area contributed by atoms with Crippen molar-refractivity contribution >= 4 is 24.2 Å². The van der Waals surface area contributed by atoms with E-state index >= 15 is 0 Å². The monoisotopic (exact) mass is 330 g/mol. The molecule has 0 amide bonds. The summed E-state index contributed by atoms with van der Waals surface area (Å²) >= 11 is 3.40. The fraction of sp³-hybridized carbons (Fsp3) is 0.571. The van der Waals surface area contributed by atoms with Crippen LogP contribution in [-0.2, 0) is 0 Å². The molecule has 0 heterocycles. The quantitative estimate of drug-likeness (QED) is 0.610. The van der Waals surface area contributed by atoms with Crippen LogP contribution in [0.2, 0.25) is 18.1 Å². The minimum atomic E-state index is -2.08. The highest BCUT2D eigenvalue weighted by molar-refractivity contribution is 9.10. The first-order chi connectivity index (χ1) is 8.22. The molecule has 0 radical (unpaired) electrons. The van der Waals surface area contributed by atoms with Crippen LogP contribution in [0.3, 0.4) is 0 Å². The third-order valence-corrected chi connectivity index (χ3v) is 7.78. The van der Waals surface area contributed by atoms with E-state index in [0.717, 1.165) is 23.1 Å². The maximum Gasteiger partial charge on any atom is 0.188 e. The molecule has 0 bridgehead atoms. The first-order valence-electron chi connectivity index (χ1n) is 6.33. The van der Waals surface area contributed by atoms with Crippen LogP contribution in [-0.4, -0.2) is 19.7 Å². The molecule has 102 valence electrons. The van der Waals surface area contributed by atoms with Crippen LogP contribution in [0.4, 0.5) is 0 Å². The van der Waals surface area contributed by atoms with Gasteiger partial charge in [0.05, 0.1) is 6.61 Å². The van der Waals surface area contributed by atoms with Gasteiger partial charge in [0.15, 0.2) is 8.32 Å². The van der Waals surface area contributed by atoms with Gasteiger partial charge in [-0.3, -0.25) is 0 Å². The van der Waals surface area contributed by atoms with Gasteiger partial charge in [-0.05, 0) is 55.2 Å². The molecule has 0 aliphatic carbocycles. The zero-order valence-corrected chi connectivity index (χ0v) is 14.3. The Hall–Kier alpha value is -0.323. The van der Waals surface area contributed by atoms with Crippen molar-refractivity contribution in [2.45, 2.75) is 44.8 Å². The summed E-state index contributed by atoms with van der Waals surface area (Å²) in [5.74, 6) is 0.900. The zero-order valence-electron chi connectivity index (χ0n) is 11.7. The van der Waals surface area contributed by atoms with Gasteiger partial charge in [-0.15, -0.1) is 0 Å². The van der Waals surface area contributed by atoms with Crippen molar-refractivity contribution in [1.82, 2.24) is 0 Å². The molecule has 2 nitrogen and oxygen atoms in total. The van der Waals surface area contributed by atoms with Crippen LogP contribution >= 0.6 is 15.9 Å². The van der Waals surface area contributed by atoms with Gasteiger partial charge in [0.25, 0.3) is 0 Å². The Bertz CT molecular complexity index is 368. The third kappa shape index (κ3) is 4.75. The van der Waals surface area contributed by atoms with E-state index in [9.17, 15) is 4.80 Å². The molecule has 4 heteroatoms. The second-order valence-electron chi connectivity index (χ2n) is 5.85. The molecular formula is C14H23BrO2Si. The lowest BCUT2D eigenvalue weighted by Crippen LogP contribution is -2.39. The SMILES string of the molecule is CC(C)(CCCOc1ccc(Br)cc1)[Si](C)(C)O. The van der Waals surface area contributed by atoms with Crippen LogP contribution in [0.15, 0.2) is 28.7 Å². The number of hydrogen-bond donors (Lipinski definition) is 1. The maximum absolute atomic E-state index is 10.2. The van der Waals surface area contributed by atoms with Crippen LogP contribution in [0.1, 0.15) is 26.7 Å². The third-order valence-electron chi connectivity index (χ3n) is 3.68. The smallest absolute Gasteiger partial charge is 0.188 e. The molecule has 0 atom stereocenters. The van der Waals surface area contributed by atoms with Crippen LogP contribution < -0.4 is 4.74 Å². The molecule has 0 aliphatic heterocycles. The summed E-state index contributed by atoms with van der Waals surface area (Å²) in [6.45, 7) is 9.01. The second kappa shape index (κ2) is 6.22. The van der Waals surface area contributed by atoms with Gasteiger partial charge in [-0.1, -0.05) is 29.8 Å². The number of ether oxygens (including phenoxy) is 1. The lowest BCUT2D eigenvalue weighted by molar-refractivity contribution is 0.294. The lowest BCUT2D eigenvalue weighted by Gasteiger charge is -2.35. The standard InChI is InChI=1S/C14H23BrO2Si/c1-14(2,18(3,4)16)10-5-11-17-13-8-6-12(15)7-9-13/h6-9,16H,5,10-11H2,1-4H3. The first kappa shape index (κ1) is 15.7. The summed E-state index contributed by atoms with van der Waals surface area (Å²) in [5, 5.41) is 0.0378. The second-order valence-corrected chi connectivity index (χ2v) is 11.2. The summed E-state index contributed by atoms with van der Waals surface area (Å²) < 4.78 is 6.74. The number of rotatable bonds is 6. The van der Waals surface area contributed by atoms with E-state index in [1.807, 2.05) is 37.4 Å². The minimum Gasteiger partial charge on any atom is -0.494 e. The molecule has 18 heavy (non-hydrogen) atoms. The van der Waals surface area contributed by atoms with Crippen LogP contribution in [0.25, 0.3) is 0 Å². The summed E-state index contributed by atoms with van der Waals surface area (Å²) in [4.78, 5) is 10.2. The van der Waals surface area contributed by atoms with Crippen LogP contribution in [0.5, 0.6) is 5.75 Å². The predicted molar refractivity (Wildman–Crippen MR) is 82.6 cm³/mol. The Morgan fingerprint density at radius 3 is 2.28 bits per heavy atom. The van der Waals surface area contributed by atoms with Gasteiger partial charge in [0, 0.05) is 4.47 Å². The van der Waals surface area contributed by atoms with E-state index < -0.39 is 8.32 Å². The molecule has 0 fully saturated rings. The molecule has 0 saturated carbocycles. The highest BCUT2D eigenvalue weighted by Crippen LogP contribution is 2.39. The van der Waals surface area contributed by atoms with Gasteiger partial charge in [-0.2, -0.15) is 0 Å². The number of benzene rings is 1. The van der Waals surface area contributed by atoms with Crippen molar-refractivity contribution in [2.75, 3.05) is 6.61 Å². The molecular weight excluding hydrogens is 308 g/mol. The molecule has 1 N–H and O–H groups in total. The fourth-order valence-corrected chi connectivity index (χ4v) is 2.59. The summed E-state index contributed by atoms with van der Waals surface area (Å²) in [6.07, 6.45) is 1.97. The predicted octanol–water partition coefficient (Wildman–Crippen LogP) is 4.59. The molecule has 1 rings (SSSR count). The zero-order chi connectivity index (χ0) is 13.8. The van der Waals surface area contributed by atoms with Gasteiger partial charge in [0.1, 0.15) is 5.75 Å². The van der Waals surface area contributed by atoms with Gasteiger partial charge < -0.3 is 9.53 Å². The topological polar surface area (TPSA) is 29.5 Å². The van der Waals surface area contributed by atoms with E-state index in [-0.39, 0.29) is 5.04 Å². The Morgan fingerprint density at radius 1 is 1.22 bits per heavy atom. The highest BCUT2D eigenvalue weighted by atomic mass is 79.9.